The average molecular weight is 358 g/mol. The van der Waals surface area contributed by atoms with Crippen LogP contribution in [0.25, 0.3) is 0 Å². The Balaban J connectivity index is 2.19. The fourth-order valence-electron chi connectivity index (χ4n) is 3.36. The Hall–Kier alpha value is -2.06. The normalized spacial score (nSPS) is 17.6. The van der Waals surface area contributed by atoms with Gasteiger partial charge in [-0.2, -0.15) is 5.26 Å². The molecule has 2 rings (SSSR count). The van der Waals surface area contributed by atoms with Gasteiger partial charge in [0.25, 0.3) is 5.91 Å². The SMILES string of the molecule is CCOC1(C(=O)Nc2ccc(O[C@H](C)CC)cc2C#N)CCCCCC1. The van der Waals surface area contributed by atoms with Crippen molar-refractivity contribution in [3.05, 3.63) is 23.8 Å². The van der Waals surface area contributed by atoms with Crippen LogP contribution >= 0.6 is 0 Å². The number of rotatable bonds is 7. The molecule has 5 nitrogen and oxygen atoms in total. The predicted molar refractivity (Wildman–Crippen MR) is 102 cm³/mol. The first-order valence-electron chi connectivity index (χ1n) is 9.71. The first-order chi connectivity index (χ1) is 12.5. The summed E-state index contributed by atoms with van der Waals surface area (Å²) in [6.45, 7) is 6.45. The fourth-order valence-corrected chi connectivity index (χ4v) is 3.36. The molecule has 1 aliphatic rings. The number of amides is 1. The van der Waals surface area contributed by atoms with Crippen LogP contribution < -0.4 is 10.1 Å². The van der Waals surface area contributed by atoms with E-state index in [0.29, 0.717) is 23.6 Å². The van der Waals surface area contributed by atoms with Gasteiger partial charge in [0.15, 0.2) is 0 Å². The molecule has 1 N–H and O–H groups in total. The molecule has 26 heavy (non-hydrogen) atoms. The van der Waals surface area contributed by atoms with Crippen LogP contribution in [0.5, 0.6) is 5.75 Å². The van der Waals surface area contributed by atoms with Crippen molar-refractivity contribution in [2.75, 3.05) is 11.9 Å². The zero-order chi connectivity index (χ0) is 19.0. The van der Waals surface area contributed by atoms with Crippen molar-refractivity contribution >= 4 is 11.6 Å². The number of anilines is 1. The number of nitriles is 1. The molecule has 0 heterocycles. The Kier molecular flexibility index (Phi) is 7.47. The summed E-state index contributed by atoms with van der Waals surface area (Å²) in [7, 11) is 0. The van der Waals surface area contributed by atoms with E-state index in [4.69, 9.17) is 9.47 Å². The second kappa shape index (κ2) is 9.59. The number of nitrogens with one attached hydrogen (secondary N) is 1. The molecular weight excluding hydrogens is 328 g/mol. The molecule has 1 atom stereocenters. The highest BCUT2D eigenvalue weighted by molar-refractivity contribution is 5.98. The van der Waals surface area contributed by atoms with Crippen molar-refractivity contribution in [3.63, 3.8) is 0 Å². The summed E-state index contributed by atoms with van der Waals surface area (Å²) in [6.07, 6.45) is 6.65. The van der Waals surface area contributed by atoms with Crippen molar-refractivity contribution in [1.82, 2.24) is 0 Å². The lowest BCUT2D eigenvalue weighted by atomic mass is 9.92. The quantitative estimate of drug-likeness (QED) is 0.710. The van der Waals surface area contributed by atoms with Gasteiger partial charge in [0, 0.05) is 12.7 Å². The second-order valence-electron chi connectivity index (χ2n) is 6.95. The van der Waals surface area contributed by atoms with Gasteiger partial charge >= 0.3 is 0 Å². The van der Waals surface area contributed by atoms with Gasteiger partial charge in [0.1, 0.15) is 17.4 Å². The number of benzene rings is 1. The Morgan fingerprint density at radius 3 is 2.54 bits per heavy atom. The van der Waals surface area contributed by atoms with Crippen molar-refractivity contribution in [1.29, 1.82) is 5.26 Å². The second-order valence-corrected chi connectivity index (χ2v) is 6.95. The number of carbonyl (C=O) groups excluding carboxylic acids is 1. The Labute approximate surface area is 156 Å². The molecule has 1 saturated carbocycles. The fraction of sp³-hybridized carbons (Fsp3) is 0.619. The van der Waals surface area contributed by atoms with Crippen LogP contribution in [0.15, 0.2) is 18.2 Å². The van der Waals surface area contributed by atoms with Crippen LogP contribution in [0, 0.1) is 11.3 Å². The third-order valence-corrected chi connectivity index (χ3v) is 5.02. The van der Waals surface area contributed by atoms with E-state index in [9.17, 15) is 10.1 Å². The first kappa shape index (κ1) is 20.3. The van der Waals surface area contributed by atoms with E-state index < -0.39 is 5.60 Å². The van der Waals surface area contributed by atoms with E-state index in [-0.39, 0.29) is 12.0 Å². The van der Waals surface area contributed by atoms with Gasteiger partial charge < -0.3 is 14.8 Å². The van der Waals surface area contributed by atoms with Crippen molar-refractivity contribution in [3.8, 4) is 11.8 Å². The van der Waals surface area contributed by atoms with E-state index in [1.165, 1.54) is 0 Å². The summed E-state index contributed by atoms with van der Waals surface area (Å²) in [5, 5.41) is 12.4. The highest BCUT2D eigenvalue weighted by Crippen LogP contribution is 2.33. The standard InChI is InChI=1S/C21H30N2O3/c1-4-16(3)26-18-10-11-19(17(14-18)15-22)23-20(24)21(25-5-2)12-8-6-7-9-13-21/h10-11,14,16H,4-9,12-13H2,1-3H3,(H,23,24)/t16-/m1/s1. The number of ether oxygens (including phenoxy) is 2. The molecule has 1 aliphatic carbocycles. The molecule has 0 bridgehead atoms. The van der Waals surface area contributed by atoms with E-state index in [1.807, 2.05) is 20.8 Å². The summed E-state index contributed by atoms with van der Waals surface area (Å²) in [5.74, 6) is 0.497. The minimum atomic E-state index is -0.788. The Morgan fingerprint density at radius 2 is 1.96 bits per heavy atom. The molecule has 1 amide bonds. The minimum absolute atomic E-state index is 0.0780. The van der Waals surface area contributed by atoms with Crippen LogP contribution in [0.2, 0.25) is 0 Å². The first-order valence-corrected chi connectivity index (χ1v) is 9.71. The molecule has 0 aliphatic heterocycles. The summed E-state index contributed by atoms with van der Waals surface area (Å²) in [5.41, 5.74) is 0.126. The van der Waals surface area contributed by atoms with Crippen molar-refractivity contribution in [2.45, 2.75) is 77.4 Å². The number of carbonyl (C=O) groups is 1. The molecule has 1 aromatic carbocycles. The van der Waals surface area contributed by atoms with Gasteiger partial charge in [-0.3, -0.25) is 4.79 Å². The van der Waals surface area contributed by atoms with Crippen molar-refractivity contribution in [2.24, 2.45) is 0 Å². The molecule has 0 aromatic heterocycles. The number of hydrogen-bond acceptors (Lipinski definition) is 4. The molecule has 0 spiro atoms. The molecule has 1 aromatic rings. The average Bonchev–Trinajstić information content (AvgIpc) is 2.89. The lowest BCUT2D eigenvalue weighted by molar-refractivity contribution is -0.143. The van der Waals surface area contributed by atoms with Gasteiger partial charge in [-0.05, 0) is 45.2 Å². The van der Waals surface area contributed by atoms with E-state index in [1.54, 1.807) is 18.2 Å². The largest absolute Gasteiger partial charge is 0.491 e. The summed E-state index contributed by atoms with van der Waals surface area (Å²) < 4.78 is 11.7. The Bertz CT molecular complexity index is 643. The van der Waals surface area contributed by atoms with Crippen molar-refractivity contribution < 1.29 is 14.3 Å². The van der Waals surface area contributed by atoms with Crippen LogP contribution in [-0.4, -0.2) is 24.2 Å². The predicted octanol–water partition coefficient (Wildman–Crippen LogP) is 4.80. The maximum absolute atomic E-state index is 13.0. The van der Waals surface area contributed by atoms with E-state index in [0.717, 1.165) is 44.9 Å². The molecule has 0 unspecified atom stereocenters. The van der Waals surface area contributed by atoms with Crippen LogP contribution in [0.4, 0.5) is 5.69 Å². The van der Waals surface area contributed by atoms with Crippen LogP contribution in [-0.2, 0) is 9.53 Å². The Morgan fingerprint density at radius 1 is 1.27 bits per heavy atom. The lowest BCUT2D eigenvalue weighted by Gasteiger charge is -2.31. The molecule has 142 valence electrons. The highest BCUT2D eigenvalue weighted by Gasteiger charge is 2.39. The smallest absolute Gasteiger partial charge is 0.256 e. The number of nitrogens with zero attached hydrogens (tertiary/aromatic N) is 1. The van der Waals surface area contributed by atoms with Gasteiger partial charge in [0.05, 0.1) is 17.4 Å². The summed E-state index contributed by atoms with van der Waals surface area (Å²) in [6, 6.07) is 7.37. The monoisotopic (exact) mass is 358 g/mol. The third kappa shape index (κ3) is 4.98. The topological polar surface area (TPSA) is 71.3 Å². The van der Waals surface area contributed by atoms with Gasteiger partial charge in [-0.25, -0.2) is 0 Å². The highest BCUT2D eigenvalue weighted by atomic mass is 16.5. The van der Waals surface area contributed by atoms with E-state index >= 15 is 0 Å². The van der Waals surface area contributed by atoms with Crippen LogP contribution in [0.1, 0.15) is 71.3 Å². The van der Waals surface area contributed by atoms with Crippen LogP contribution in [0.3, 0.4) is 0 Å². The molecule has 0 radical (unpaired) electrons. The zero-order valence-electron chi connectivity index (χ0n) is 16.1. The van der Waals surface area contributed by atoms with Gasteiger partial charge in [-0.15, -0.1) is 0 Å². The maximum atomic E-state index is 13.0. The molecule has 0 saturated heterocycles. The summed E-state index contributed by atoms with van der Waals surface area (Å²) >= 11 is 0. The minimum Gasteiger partial charge on any atom is -0.491 e. The molecule has 1 fully saturated rings. The van der Waals surface area contributed by atoms with Gasteiger partial charge in [0.2, 0.25) is 0 Å². The lowest BCUT2D eigenvalue weighted by Crippen LogP contribution is -2.45. The van der Waals surface area contributed by atoms with E-state index in [2.05, 4.69) is 11.4 Å². The summed E-state index contributed by atoms with van der Waals surface area (Å²) in [4.78, 5) is 13.0. The zero-order valence-corrected chi connectivity index (χ0v) is 16.1. The molecular formula is C21H30N2O3. The maximum Gasteiger partial charge on any atom is 0.256 e. The molecule has 5 heteroatoms. The third-order valence-electron chi connectivity index (χ3n) is 5.02. The van der Waals surface area contributed by atoms with Gasteiger partial charge in [-0.1, -0.05) is 32.6 Å². The number of hydrogen-bond donors (Lipinski definition) is 1.